The maximum absolute atomic E-state index is 12.3. The first-order chi connectivity index (χ1) is 17.7. The van der Waals surface area contributed by atoms with Crippen LogP contribution in [0.15, 0.2) is 47.2 Å². The molecule has 1 amide bonds. The van der Waals surface area contributed by atoms with Crippen molar-refractivity contribution in [3.63, 3.8) is 0 Å². The second-order valence-corrected chi connectivity index (χ2v) is 10.8. The third-order valence-electron chi connectivity index (χ3n) is 7.69. The molecule has 0 radical (unpaired) electrons. The number of rotatable bonds is 7. The molecule has 204 valence electrons. The van der Waals surface area contributed by atoms with E-state index in [2.05, 4.69) is 27.4 Å². The maximum atomic E-state index is 12.3. The highest BCUT2D eigenvalue weighted by Gasteiger charge is 2.53. The standard InChI is InChI=1S/C28H35N5O4.ClH/c1-18(2)36-24-7-5-22(6-8-24)28(35,27(4)16-30-17-27)23-13-21(14-29-15-23)25-31-26(37-32-25)20-9-11-33(12-10-20)19(3)34;/h5-8,13-15,18,20,30,35H,9-12,16-17H2,1-4H3;1H/t28-;/m0./s1. The van der Waals surface area contributed by atoms with Crippen molar-refractivity contribution >= 4 is 18.3 Å². The van der Waals surface area contributed by atoms with E-state index >= 15 is 0 Å². The van der Waals surface area contributed by atoms with Gasteiger partial charge in [-0.15, -0.1) is 12.4 Å². The van der Waals surface area contributed by atoms with E-state index in [1.807, 2.05) is 49.1 Å². The number of pyridine rings is 1. The lowest BCUT2D eigenvalue weighted by atomic mass is 9.63. The topological polar surface area (TPSA) is 114 Å². The molecule has 10 heteroatoms. The smallest absolute Gasteiger partial charge is 0.230 e. The van der Waals surface area contributed by atoms with Crippen LogP contribution in [0.3, 0.4) is 0 Å². The third kappa shape index (κ3) is 5.15. The van der Waals surface area contributed by atoms with Crippen LogP contribution in [-0.4, -0.2) is 63.3 Å². The number of carbonyl (C=O) groups excluding carboxylic acids is 1. The Balaban J connectivity index is 0.00000336. The van der Waals surface area contributed by atoms with Gasteiger partial charge in [-0.25, -0.2) is 0 Å². The average molecular weight is 542 g/mol. The molecule has 9 nitrogen and oxygen atoms in total. The molecule has 3 aromatic rings. The number of amides is 1. The van der Waals surface area contributed by atoms with E-state index in [4.69, 9.17) is 9.26 Å². The van der Waals surface area contributed by atoms with Gasteiger partial charge in [0, 0.05) is 68.0 Å². The predicted molar refractivity (Wildman–Crippen MR) is 145 cm³/mol. The summed E-state index contributed by atoms with van der Waals surface area (Å²) in [6.07, 6.45) is 5.06. The lowest BCUT2D eigenvalue weighted by molar-refractivity contribution is -0.129. The quantitative estimate of drug-likeness (QED) is 0.463. The zero-order valence-corrected chi connectivity index (χ0v) is 23.1. The fourth-order valence-electron chi connectivity index (χ4n) is 5.39. The molecule has 2 N–H and O–H groups in total. The maximum Gasteiger partial charge on any atom is 0.230 e. The van der Waals surface area contributed by atoms with Gasteiger partial charge >= 0.3 is 0 Å². The number of hydrogen-bond acceptors (Lipinski definition) is 8. The van der Waals surface area contributed by atoms with E-state index in [9.17, 15) is 9.90 Å². The molecule has 38 heavy (non-hydrogen) atoms. The Morgan fingerprint density at radius 3 is 2.45 bits per heavy atom. The molecule has 1 aromatic carbocycles. The van der Waals surface area contributed by atoms with Crippen LogP contribution in [0.5, 0.6) is 5.75 Å². The molecule has 1 atom stereocenters. The summed E-state index contributed by atoms with van der Waals surface area (Å²) >= 11 is 0. The van der Waals surface area contributed by atoms with Crippen LogP contribution in [0.2, 0.25) is 0 Å². The molecule has 2 fully saturated rings. The lowest BCUT2D eigenvalue weighted by Crippen LogP contribution is -2.63. The van der Waals surface area contributed by atoms with E-state index in [0.717, 1.165) is 24.2 Å². The van der Waals surface area contributed by atoms with Crippen molar-refractivity contribution in [3.8, 4) is 17.1 Å². The first kappa shape index (κ1) is 28.0. The molecule has 2 aliphatic rings. The normalized spacial score (nSPS) is 18.8. The number of hydrogen-bond donors (Lipinski definition) is 2. The zero-order valence-electron chi connectivity index (χ0n) is 22.3. The average Bonchev–Trinajstić information content (AvgIpc) is 3.37. The van der Waals surface area contributed by atoms with Gasteiger partial charge in [0.05, 0.1) is 6.10 Å². The summed E-state index contributed by atoms with van der Waals surface area (Å²) in [6, 6.07) is 9.55. The fourth-order valence-corrected chi connectivity index (χ4v) is 5.39. The van der Waals surface area contributed by atoms with Crippen LogP contribution < -0.4 is 10.1 Å². The second-order valence-electron chi connectivity index (χ2n) is 10.8. The van der Waals surface area contributed by atoms with Gasteiger partial charge in [0.25, 0.3) is 0 Å². The summed E-state index contributed by atoms with van der Waals surface area (Å²) in [5.41, 5.74) is 0.415. The van der Waals surface area contributed by atoms with Crippen LogP contribution in [0.1, 0.15) is 63.5 Å². The van der Waals surface area contributed by atoms with Gasteiger partial charge in [-0.3, -0.25) is 9.78 Å². The minimum atomic E-state index is -1.29. The fraction of sp³-hybridized carbons (Fsp3) is 0.500. The van der Waals surface area contributed by atoms with Gasteiger partial charge in [-0.05, 0) is 50.5 Å². The Bertz CT molecular complexity index is 1250. The summed E-state index contributed by atoms with van der Waals surface area (Å²) in [5, 5.41) is 19.9. The van der Waals surface area contributed by atoms with Gasteiger partial charge in [-0.2, -0.15) is 4.98 Å². The van der Waals surface area contributed by atoms with Crippen LogP contribution in [0.25, 0.3) is 11.4 Å². The minimum Gasteiger partial charge on any atom is -0.491 e. The molecule has 5 rings (SSSR count). The first-order valence-electron chi connectivity index (χ1n) is 12.9. The Hall–Kier alpha value is -3.01. The summed E-state index contributed by atoms with van der Waals surface area (Å²) in [4.78, 5) is 22.6. The molecule has 2 aromatic heterocycles. The minimum absolute atomic E-state index is 0. The van der Waals surface area contributed by atoms with Crippen LogP contribution in [-0.2, 0) is 10.4 Å². The van der Waals surface area contributed by atoms with Crippen molar-refractivity contribution < 1.29 is 19.2 Å². The number of nitrogens with one attached hydrogen (secondary N) is 1. The number of carbonyl (C=O) groups is 1. The molecule has 0 unspecified atom stereocenters. The van der Waals surface area contributed by atoms with Gasteiger partial charge in [0.15, 0.2) is 0 Å². The SMILES string of the molecule is CC(=O)N1CCC(c2nc(-c3cncc([C@@](O)(c4ccc(OC(C)C)cc4)C4(C)CNC4)c3)no2)CC1.Cl. The highest BCUT2D eigenvalue weighted by molar-refractivity contribution is 5.85. The number of piperidine rings is 1. The highest BCUT2D eigenvalue weighted by Crippen LogP contribution is 2.48. The number of ether oxygens (including phenoxy) is 1. The van der Waals surface area contributed by atoms with E-state index in [-0.39, 0.29) is 30.3 Å². The van der Waals surface area contributed by atoms with Crippen molar-refractivity contribution in [2.24, 2.45) is 5.41 Å². The number of halogens is 1. The molecule has 2 aliphatic heterocycles. The number of nitrogens with zero attached hydrogens (tertiary/aromatic N) is 4. The molecule has 0 saturated carbocycles. The molecule has 0 spiro atoms. The van der Waals surface area contributed by atoms with Crippen molar-refractivity contribution in [1.82, 2.24) is 25.3 Å². The highest BCUT2D eigenvalue weighted by atomic mass is 35.5. The largest absolute Gasteiger partial charge is 0.491 e. The number of aromatic nitrogens is 3. The van der Waals surface area contributed by atoms with Crippen molar-refractivity contribution in [2.45, 2.75) is 58.2 Å². The van der Waals surface area contributed by atoms with Gasteiger partial charge in [0.1, 0.15) is 11.4 Å². The van der Waals surface area contributed by atoms with E-state index in [0.29, 0.717) is 49.0 Å². The molecular formula is C28H36ClN5O4. The van der Waals surface area contributed by atoms with Gasteiger partial charge < -0.3 is 24.6 Å². The number of likely N-dealkylation sites (tertiary alicyclic amines) is 1. The predicted octanol–water partition coefficient (Wildman–Crippen LogP) is 3.91. The zero-order chi connectivity index (χ0) is 26.2. The van der Waals surface area contributed by atoms with Gasteiger partial charge in [-0.1, -0.05) is 24.2 Å². The van der Waals surface area contributed by atoms with Crippen molar-refractivity contribution in [1.29, 1.82) is 0 Å². The van der Waals surface area contributed by atoms with Crippen molar-refractivity contribution in [3.05, 3.63) is 59.7 Å². The van der Waals surface area contributed by atoms with Crippen LogP contribution >= 0.6 is 12.4 Å². The summed E-state index contributed by atoms with van der Waals surface area (Å²) in [5.74, 6) is 2.00. The van der Waals surface area contributed by atoms with E-state index in [1.54, 1.807) is 19.3 Å². The molecule has 4 heterocycles. The van der Waals surface area contributed by atoms with E-state index < -0.39 is 11.0 Å². The Morgan fingerprint density at radius 1 is 1.18 bits per heavy atom. The first-order valence-corrected chi connectivity index (χ1v) is 12.9. The lowest BCUT2D eigenvalue weighted by Gasteiger charge is -2.52. The van der Waals surface area contributed by atoms with Crippen LogP contribution in [0, 0.1) is 5.41 Å². The summed E-state index contributed by atoms with van der Waals surface area (Å²) in [6.45, 7) is 10.4. The van der Waals surface area contributed by atoms with E-state index in [1.165, 1.54) is 0 Å². The Kier molecular flexibility index (Phi) is 8.11. The Morgan fingerprint density at radius 2 is 1.87 bits per heavy atom. The Labute approximate surface area is 229 Å². The van der Waals surface area contributed by atoms with Crippen LogP contribution in [0.4, 0.5) is 0 Å². The number of aliphatic hydroxyl groups is 1. The molecule has 0 bridgehead atoms. The second kappa shape index (κ2) is 11.0. The molecular weight excluding hydrogens is 506 g/mol. The third-order valence-corrected chi connectivity index (χ3v) is 7.69. The monoisotopic (exact) mass is 541 g/mol. The summed E-state index contributed by atoms with van der Waals surface area (Å²) < 4.78 is 11.4. The molecule has 2 saturated heterocycles. The van der Waals surface area contributed by atoms with Gasteiger partial charge in [0.2, 0.25) is 17.6 Å². The molecule has 0 aliphatic carbocycles. The summed E-state index contributed by atoms with van der Waals surface area (Å²) in [7, 11) is 0. The van der Waals surface area contributed by atoms with Crippen molar-refractivity contribution in [2.75, 3.05) is 26.2 Å². The number of benzene rings is 1.